The smallest absolute Gasteiger partial charge is 0.195 e. The Morgan fingerprint density at radius 1 is 1.27 bits per heavy atom. The lowest BCUT2D eigenvalue weighted by molar-refractivity contribution is 0.0327. The molecule has 1 aliphatic carbocycles. The van der Waals surface area contributed by atoms with Gasteiger partial charge in [-0.3, -0.25) is 0 Å². The third-order valence-electron chi connectivity index (χ3n) is 3.17. The van der Waals surface area contributed by atoms with Crippen LogP contribution in [0, 0.1) is 0 Å². The highest BCUT2D eigenvalue weighted by atomic mass is 16.7. The molecule has 1 saturated carbocycles. The van der Waals surface area contributed by atoms with Crippen LogP contribution in [0.25, 0.3) is 0 Å². The summed E-state index contributed by atoms with van der Waals surface area (Å²) in [5.74, 6) is -0.743. The molecule has 2 heteroatoms. The van der Waals surface area contributed by atoms with Gasteiger partial charge in [0.1, 0.15) is 5.60 Å². The molecule has 1 saturated heterocycles. The Kier molecular flexibility index (Phi) is 1.52. The molecule has 64 valence electrons. The van der Waals surface area contributed by atoms with Crippen molar-refractivity contribution in [2.75, 3.05) is 0 Å². The number of ether oxygens (including phenoxy) is 1. The number of hydrogen-bond donors (Lipinski definition) is 1. The van der Waals surface area contributed by atoms with Crippen LogP contribution in [0.3, 0.4) is 0 Å². The minimum atomic E-state index is -0.743. The van der Waals surface area contributed by atoms with Crippen LogP contribution in [0.2, 0.25) is 0 Å². The first-order chi connectivity index (χ1) is 5.22. The van der Waals surface area contributed by atoms with E-state index in [9.17, 15) is 5.11 Å². The lowest BCUT2D eigenvalue weighted by Crippen LogP contribution is -2.27. The van der Waals surface area contributed by atoms with E-state index in [1.807, 2.05) is 6.92 Å². The maximum absolute atomic E-state index is 9.79. The second kappa shape index (κ2) is 2.20. The van der Waals surface area contributed by atoms with Crippen LogP contribution in [-0.2, 0) is 4.74 Å². The van der Waals surface area contributed by atoms with Gasteiger partial charge < -0.3 is 9.84 Å². The molecule has 0 radical (unpaired) electrons. The zero-order valence-corrected chi connectivity index (χ0v) is 7.10. The van der Waals surface area contributed by atoms with E-state index in [1.165, 1.54) is 19.3 Å². The van der Waals surface area contributed by atoms with Crippen molar-refractivity contribution in [3.8, 4) is 0 Å². The molecule has 2 nitrogen and oxygen atoms in total. The summed E-state index contributed by atoms with van der Waals surface area (Å²) in [7, 11) is 0. The van der Waals surface area contributed by atoms with Crippen LogP contribution in [0.15, 0.2) is 0 Å². The first kappa shape index (κ1) is 7.56. The molecule has 0 bridgehead atoms. The van der Waals surface area contributed by atoms with Gasteiger partial charge >= 0.3 is 0 Å². The van der Waals surface area contributed by atoms with Crippen molar-refractivity contribution in [2.45, 2.75) is 56.8 Å². The number of rotatable bonds is 1. The second-order valence-electron chi connectivity index (χ2n) is 3.79. The molecule has 0 aromatic heterocycles. The summed E-state index contributed by atoms with van der Waals surface area (Å²) in [5, 5.41) is 9.79. The highest BCUT2D eigenvalue weighted by Gasteiger charge is 2.67. The van der Waals surface area contributed by atoms with Crippen LogP contribution < -0.4 is 0 Å². The van der Waals surface area contributed by atoms with E-state index in [1.54, 1.807) is 0 Å². The van der Waals surface area contributed by atoms with Crippen LogP contribution in [0.4, 0.5) is 0 Å². The van der Waals surface area contributed by atoms with E-state index >= 15 is 0 Å². The minimum Gasteiger partial charge on any atom is -0.363 e. The van der Waals surface area contributed by atoms with Crippen LogP contribution in [0.5, 0.6) is 0 Å². The van der Waals surface area contributed by atoms with E-state index in [-0.39, 0.29) is 5.60 Å². The summed E-state index contributed by atoms with van der Waals surface area (Å²) in [6.45, 7) is 1.99. The molecule has 2 aliphatic rings. The van der Waals surface area contributed by atoms with E-state index in [0.717, 1.165) is 19.3 Å². The van der Waals surface area contributed by atoms with Gasteiger partial charge in [-0.2, -0.15) is 0 Å². The highest BCUT2D eigenvalue weighted by molar-refractivity contribution is 5.09. The van der Waals surface area contributed by atoms with Crippen LogP contribution in [-0.4, -0.2) is 16.5 Å². The largest absolute Gasteiger partial charge is 0.363 e. The first-order valence-corrected chi connectivity index (χ1v) is 4.65. The van der Waals surface area contributed by atoms with Crippen molar-refractivity contribution in [3.05, 3.63) is 0 Å². The van der Waals surface area contributed by atoms with Crippen molar-refractivity contribution >= 4 is 0 Å². The summed E-state index contributed by atoms with van der Waals surface area (Å²) < 4.78 is 5.44. The quantitative estimate of drug-likeness (QED) is 0.587. The molecule has 1 atom stereocenters. The molecule has 1 N–H and O–H groups in total. The van der Waals surface area contributed by atoms with Crippen molar-refractivity contribution in [1.29, 1.82) is 0 Å². The van der Waals surface area contributed by atoms with Crippen LogP contribution in [0.1, 0.15) is 45.4 Å². The zero-order chi connectivity index (χ0) is 7.95. The maximum atomic E-state index is 9.79. The minimum absolute atomic E-state index is 0.111. The number of aliphatic hydroxyl groups is 1. The van der Waals surface area contributed by atoms with Gasteiger partial charge in [0.05, 0.1) is 0 Å². The Morgan fingerprint density at radius 3 is 2.36 bits per heavy atom. The van der Waals surface area contributed by atoms with Gasteiger partial charge in [-0.1, -0.05) is 26.2 Å². The van der Waals surface area contributed by atoms with Crippen molar-refractivity contribution in [1.82, 2.24) is 0 Å². The predicted octanol–water partition coefficient (Wildman–Crippen LogP) is 1.82. The normalized spacial score (nSPS) is 40.9. The van der Waals surface area contributed by atoms with Gasteiger partial charge in [-0.05, 0) is 12.8 Å². The lowest BCUT2D eigenvalue weighted by Gasteiger charge is -2.19. The topological polar surface area (TPSA) is 32.8 Å². The third kappa shape index (κ3) is 0.926. The van der Waals surface area contributed by atoms with Gasteiger partial charge in [0.15, 0.2) is 5.79 Å². The Balaban J connectivity index is 2.03. The summed E-state index contributed by atoms with van der Waals surface area (Å²) in [6, 6.07) is 0. The fourth-order valence-corrected chi connectivity index (χ4v) is 2.31. The maximum Gasteiger partial charge on any atom is 0.195 e. The van der Waals surface area contributed by atoms with Crippen molar-refractivity contribution < 1.29 is 9.84 Å². The monoisotopic (exact) mass is 156 g/mol. The number of hydrogen-bond acceptors (Lipinski definition) is 2. The average Bonchev–Trinajstić information content (AvgIpc) is 2.59. The summed E-state index contributed by atoms with van der Waals surface area (Å²) in [6.07, 6.45) is 6.64. The van der Waals surface area contributed by atoms with Gasteiger partial charge in [-0.25, -0.2) is 0 Å². The molecular formula is C9H16O2. The van der Waals surface area contributed by atoms with Gasteiger partial charge in [-0.15, -0.1) is 0 Å². The molecule has 1 heterocycles. The molecular weight excluding hydrogens is 140 g/mol. The Hall–Kier alpha value is -0.0800. The van der Waals surface area contributed by atoms with Crippen LogP contribution >= 0.6 is 0 Å². The summed E-state index contributed by atoms with van der Waals surface area (Å²) in [5.41, 5.74) is -0.111. The van der Waals surface area contributed by atoms with E-state index in [0.29, 0.717) is 0 Å². The Morgan fingerprint density at radius 2 is 1.91 bits per heavy atom. The standard InChI is InChI=1S/C9H16O2/c1-2-9(10)8(11-9)6-4-3-5-7-8/h10H,2-7H2,1H3. The zero-order valence-electron chi connectivity index (χ0n) is 7.10. The molecule has 0 amide bonds. The Labute approximate surface area is 67.6 Å². The Bertz CT molecular complexity index is 155. The molecule has 11 heavy (non-hydrogen) atoms. The van der Waals surface area contributed by atoms with Gasteiger partial charge in [0.25, 0.3) is 0 Å². The first-order valence-electron chi connectivity index (χ1n) is 4.65. The lowest BCUT2D eigenvalue weighted by atomic mass is 9.84. The van der Waals surface area contributed by atoms with E-state index in [4.69, 9.17) is 4.74 Å². The fraction of sp³-hybridized carbons (Fsp3) is 1.00. The predicted molar refractivity (Wildman–Crippen MR) is 42.1 cm³/mol. The summed E-state index contributed by atoms with van der Waals surface area (Å²) in [4.78, 5) is 0. The highest BCUT2D eigenvalue weighted by Crippen LogP contribution is 2.56. The van der Waals surface area contributed by atoms with E-state index in [2.05, 4.69) is 0 Å². The van der Waals surface area contributed by atoms with E-state index < -0.39 is 5.79 Å². The summed E-state index contributed by atoms with van der Waals surface area (Å²) >= 11 is 0. The number of epoxide rings is 1. The fourth-order valence-electron chi connectivity index (χ4n) is 2.31. The van der Waals surface area contributed by atoms with Crippen molar-refractivity contribution in [3.63, 3.8) is 0 Å². The molecule has 1 aliphatic heterocycles. The third-order valence-corrected chi connectivity index (χ3v) is 3.17. The molecule has 0 aromatic carbocycles. The van der Waals surface area contributed by atoms with Gasteiger partial charge in [0, 0.05) is 6.42 Å². The average molecular weight is 156 g/mol. The molecule has 2 fully saturated rings. The van der Waals surface area contributed by atoms with Gasteiger partial charge in [0.2, 0.25) is 0 Å². The molecule has 1 unspecified atom stereocenters. The molecule has 2 rings (SSSR count). The van der Waals surface area contributed by atoms with Crippen molar-refractivity contribution in [2.24, 2.45) is 0 Å². The molecule has 0 aromatic rings. The second-order valence-corrected chi connectivity index (χ2v) is 3.79. The molecule has 1 spiro atoms. The SMILES string of the molecule is CCC1(O)OC12CCCCC2.